The van der Waals surface area contributed by atoms with Crippen LogP contribution in [0.2, 0.25) is 0 Å². The lowest BCUT2D eigenvalue weighted by Crippen LogP contribution is -2.56. The number of amides is 1. The quantitative estimate of drug-likeness (QED) is 0.0381. The number of methoxy groups -OCH3 is 1. The van der Waals surface area contributed by atoms with Gasteiger partial charge in [0.25, 0.3) is 0 Å². The van der Waals surface area contributed by atoms with Crippen LogP contribution in [0.15, 0.2) is 29.2 Å². The van der Waals surface area contributed by atoms with E-state index in [0.29, 0.717) is 57.1 Å². The third-order valence-corrected chi connectivity index (χ3v) is 16.5. The SMILES string of the molecule is CC[C@@H](OC)C1(C)OC(=O)OC1C(C)N(C)CCCC(=O)N(C)[C@H](OC1CC(N(C)C)CC(C)O1)[C@@H](C)[C@H](O[C@@H]1CC(C)[C@H](OC(=O)CCNCCCc2ccc3c(c2)c(=O)c(C(=O)O)cn3C2CC2)C(C)O1)C(C)C=O. The molecule has 3 aliphatic heterocycles. The summed E-state index contributed by atoms with van der Waals surface area (Å²) < 4.78 is 51.3. The number of carboxylic acids is 1. The third-order valence-electron chi connectivity index (χ3n) is 16.5. The molecule has 4 heterocycles. The summed E-state index contributed by atoms with van der Waals surface area (Å²) in [5.74, 6) is -3.09. The van der Waals surface area contributed by atoms with E-state index in [-0.39, 0.29) is 66.5 Å². The zero-order valence-corrected chi connectivity index (χ0v) is 47.9. The molecule has 1 aromatic carbocycles. The van der Waals surface area contributed by atoms with Gasteiger partial charge in [-0.15, -0.1) is 0 Å². The van der Waals surface area contributed by atoms with E-state index in [1.165, 1.54) is 6.20 Å². The molecule has 2 N–H and O–H groups in total. The summed E-state index contributed by atoms with van der Waals surface area (Å²) >= 11 is 0. The number of likely N-dealkylation sites (N-methyl/N-ethyl adjacent to an activating group) is 1. The Bertz CT molecular complexity index is 2370. The molecule has 20 heteroatoms. The van der Waals surface area contributed by atoms with Gasteiger partial charge in [0.1, 0.15) is 30.3 Å². The normalized spacial score (nSPS) is 28.1. The summed E-state index contributed by atoms with van der Waals surface area (Å²) in [4.78, 5) is 83.2. The maximum absolute atomic E-state index is 14.3. The van der Waals surface area contributed by atoms with Crippen molar-refractivity contribution in [1.82, 2.24) is 24.6 Å². The molecular weight excluding hydrogens is 995 g/mol. The maximum atomic E-state index is 14.3. The van der Waals surface area contributed by atoms with Gasteiger partial charge in [0.2, 0.25) is 11.3 Å². The second-order valence-corrected chi connectivity index (χ2v) is 22.7. The van der Waals surface area contributed by atoms with Crippen LogP contribution in [-0.4, -0.2) is 183 Å². The second kappa shape index (κ2) is 27.6. The maximum Gasteiger partial charge on any atom is 0.509 e. The van der Waals surface area contributed by atoms with Crippen LogP contribution in [0.3, 0.4) is 0 Å². The molecule has 20 nitrogen and oxygen atoms in total. The Morgan fingerprint density at radius 3 is 2.31 bits per heavy atom. The van der Waals surface area contributed by atoms with Gasteiger partial charge in [-0.2, -0.15) is 0 Å². The van der Waals surface area contributed by atoms with Crippen molar-refractivity contribution in [3.8, 4) is 0 Å². The molecule has 6 rings (SSSR count). The minimum Gasteiger partial charge on any atom is -0.477 e. The summed E-state index contributed by atoms with van der Waals surface area (Å²) in [5.41, 5.74) is 0.00493. The van der Waals surface area contributed by atoms with Crippen molar-refractivity contribution in [2.24, 2.45) is 17.8 Å². The number of carbonyl (C=O) groups excluding carboxylic acids is 4. The molecule has 77 heavy (non-hydrogen) atoms. The number of hydrogen-bond donors (Lipinski definition) is 2. The average Bonchev–Trinajstić information content (AvgIpc) is 4.18. The number of aryl methyl sites for hydroxylation is 1. The molecule has 1 aliphatic carbocycles. The summed E-state index contributed by atoms with van der Waals surface area (Å²) in [6.07, 6.45) is 2.96. The van der Waals surface area contributed by atoms with E-state index >= 15 is 0 Å². The predicted octanol–water partition coefficient (Wildman–Crippen LogP) is 6.56. The molecule has 1 saturated carbocycles. The lowest BCUT2D eigenvalue weighted by atomic mass is 9.86. The first-order valence-corrected chi connectivity index (χ1v) is 27.9. The number of nitrogens with zero attached hydrogens (tertiary/aromatic N) is 4. The number of carbonyl (C=O) groups is 5. The van der Waals surface area contributed by atoms with E-state index in [1.54, 1.807) is 32.0 Å². The Hall–Kier alpha value is -4.54. The van der Waals surface area contributed by atoms with Crippen LogP contribution in [0.4, 0.5) is 4.79 Å². The molecule has 432 valence electrons. The highest BCUT2D eigenvalue weighted by Gasteiger charge is 2.56. The van der Waals surface area contributed by atoms with Gasteiger partial charge < -0.3 is 67.5 Å². The summed E-state index contributed by atoms with van der Waals surface area (Å²) in [6, 6.07) is 5.83. The first-order chi connectivity index (χ1) is 36.5. The number of cyclic esters (lactones) is 2. The van der Waals surface area contributed by atoms with Crippen LogP contribution >= 0.6 is 0 Å². The summed E-state index contributed by atoms with van der Waals surface area (Å²) in [7, 11) is 9.28. The first-order valence-electron chi connectivity index (χ1n) is 27.9. The fourth-order valence-corrected chi connectivity index (χ4v) is 11.7. The fraction of sp³-hybridized carbons (Fsp3) is 0.754. The first kappa shape index (κ1) is 61.7. The number of aromatic carboxylic acids is 1. The van der Waals surface area contributed by atoms with Gasteiger partial charge in [-0.3, -0.25) is 19.3 Å². The number of fused-ring (bicyclic) bond motifs is 1. The zero-order valence-electron chi connectivity index (χ0n) is 47.9. The van der Waals surface area contributed by atoms with Gasteiger partial charge in [-0.1, -0.05) is 33.8 Å². The molecule has 4 fully saturated rings. The highest BCUT2D eigenvalue weighted by molar-refractivity contribution is 5.92. The van der Waals surface area contributed by atoms with E-state index in [2.05, 4.69) is 15.1 Å². The number of nitrogens with one attached hydrogen (secondary N) is 1. The largest absolute Gasteiger partial charge is 0.509 e. The van der Waals surface area contributed by atoms with E-state index < -0.39 is 78.2 Å². The number of esters is 1. The van der Waals surface area contributed by atoms with Gasteiger partial charge in [0, 0.05) is 87.4 Å². The minimum absolute atomic E-state index is 0.0990. The van der Waals surface area contributed by atoms with Crippen LogP contribution in [-0.2, 0) is 58.7 Å². The lowest BCUT2D eigenvalue weighted by Gasteiger charge is -2.44. The number of pyridine rings is 1. The predicted molar refractivity (Wildman–Crippen MR) is 287 cm³/mol. The van der Waals surface area contributed by atoms with Crippen molar-refractivity contribution in [1.29, 1.82) is 0 Å². The number of aldehydes is 1. The standard InChI is InChI=1S/C57H89N5O15/c1-14-45(70-13)57(8)53(76-56(69)77-57)37(6)60(11)26-16-18-46(64)61(12)54(75-49-30-41(59(9)10)28-35(4)71-49)36(5)51(34(3)32-63)74-48-27-33(2)52(38(7)72-48)73-47(65)23-25-58-24-15-17-39-19-22-44-42(29-39)50(66)43(55(67)68)31-62(44)40-20-21-40/h19,22,29,31-38,40-41,45,48-49,51-54,58H,14-18,20-21,23-28,30H2,1-13H3,(H,67,68)/t33?,34?,35?,36-,37?,38?,41?,45+,48+,49?,51+,52-,53?,54+,57?/m0/s1. The van der Waals surface area contributed by atoms with Gasteiger partial charge in [0.05, 0.1) is 30.2 Å². The monoisotopic (exact) mass is 1080 g/mol. The molecular formula is C57H89N5O15. The van der Waals surface area contributed by atoms with Crippen molar-refractivity contribution in [2.45, 2.75) is 205 Å². The van der Waals surface area contributed by atoms with Crippen LogP contribution in [0.1, 0.15) is 142 Å². The van der Waals surface area contributed by atoms with Crippen molar-refractivity contribution >= 4 is 41.2 Å². The smallest absolute Gasteiger partial charge is 0.477 e. The van der Waals surface area contributed by atoms with Gasteiger partial charge in [-0.25, -0.2) is 9.59 Å². The molecule has 0 spiro atoms. The molecule has 2 aromatic rings. The van der Waals surface area contributed by atoms with Crippen LogP contribution in [0.5, 0.6) is 0 Å². The molecule has 15 atom stereocenters. The Labute approximate surface area is 455 Å². The Balaban J connectivity index is 1.03. The summed E-state index contributed by atoms with van der Waals surface area (Å²) in [6.45, 7) is 16.8. The van der Waals surface area contributed by atoms with E-state index in [1.807, 2.05) is 86.3 Å². The number of rotatable bonds is 29. The van der Waals surface area contributed by atoms with Crippen molar-refractivity contribution in [3.05, 3.63) is 45.7 Å². The molecule has 0 bridgehead atoms. The highest BCUT2D eigenvalue weighted by Crippen LogP contribution is 2.39. The molecule has 0 radical (unpaired) electrons. The second-order valence-electron chi connectivity index (χ2n) is 22.7. The minimum atomic E-state index is -1.23. The molecule has 3 saturated heterocycles. The number of benzene rings is 1. The molecule has 1 aromatic heterocycles. The van der Waals surface area contributed by atoms with E-state index in [4.69, 9.17) is 37.9 Å². The van der Waals surface area contributed by atoms with Gasteiger partial charge in [0.15, 0.2) is 24.3 Å². The zero-order chi connectivity index (χ0) is 56.5. The van der Waals surface area contributed by atoms with Gasteiger partial charge >= 0.3 is 18.1 Å². The number of hydrogen-bond acceptors (Lipinski definition) is 17. The summed E-state index contributed by atoms with van der Waals surface area (Å²) in [5, 5.41) is 13.4. The number of carboxylic acid groups (broad SMARTS) is 1. The Morgan fingerprint density at radius 1 is 0.961 bits per heavy atom. The number of aromatic nitrogens is 1. The molecule has 9 unspecified atom stereocenters. The Kier molecular flexibility index (Phi) is 22.1. The van der Waals surface area contributed by atoms with Crippen molar-refractivity contribution in [2.75, 3.05) is 54.9 Å². The molecule has 1 amide bonds. The number of ether oxygens (including phenoxy) is 8. The average molecular weight is 1080 g/mol. The molecule has 4 aliphatic rings. The van der Waals surface area contributed by atoms with E-state index in [9.17, 15) is 33.9 Å². The van der Waals surface area contributed by atoms with Crippen LogP contribution < -0.4 is 10.7 Å². The van der Waals surface area contributed by atoms with Gasteiger partial charge in [-0.05, 0) is 125 Å². The topological polar surface area (TPSA) is 223 Å². The van der Waals surface area contributed by atoms with E-state index in [0.717, 1.165) is 43.0 Å². The van der Waals surface area contributed by atoms with Crippen LogP contribution in [0, 0.1) is 17.8 Å². The van der Waals surface area contributed by atoms with Crippen molar-refractivity contribution in [3.63, 3.8) is 0 Å². The lowest BCUT2D eigenvalue weighted by molar-refractivity contribution is -0.285. The van der Waals surface area contributed by atoms with Crippen molar-refractivity contribution < 1.29 is 67.0 Å². The third kappa shape index (κ3) is 15.4. The fourth-order valence-electron chi connectivity index (χ4n) is 11.7. The Morgan fingerprint density at radius 2 is 1.68 bits per heavy atom. The van der Waals surface area contributed by atoms with Crippen LogP contribution in [0.25, 0.3) is 10.9 Å². The highest BCUT2D eigenvalue weighted by atomic mass is 16.8.